The Morgan fingerprint density at radius 2 is 1.94 bits per heavy atom. The van der Waals surface area contributed by atoms with Crippen LogP contribution in [0.1, 0.15) is 52.4 Å². The zero-order chi connectivity index (χ0) is 12.0. The van der Waals surface area contributed by atoms with Crippen LogP contribution in [-0.2, 0) is 4.79 Å². The summed E-state index contributed by atoms with van der Waals surface area (Å²) in [6.45, 7) is 4.19. The topological polar surface area (TPSA) is 52.9 Å². The van der Waals surface area contributed by atoms with Gasteiger partial charge in [-0.05, 0) is 31.6 Å². The molecule has 1 aliphatic carbocycles. The smallest absolute Gasteiger partial charge is 0.224 e. The molecule has 16 heavy (non-hydrogen) atoms. The van der Waals surface area contributed by atoms with Crippen LogP contribution < -0.4 is 5.32 Å². The zero-order valence-electron chi connectivity index (χ0n) is 10.3. The lowest BCUT2D eigenvalue weighted by Gasteiger charge is -2.17. The van der Waals surface area contributed by atoms with Crippen LogP contribution in [0, 0.1) is 23.2 Å². The highest BCUT2D eigenvalue weighted by Gasteiger charge is 2.33. The summed E-state index contributed by atoms with van der Waals surface area (Å²) in [6.07, 6.45) is 6.10. The van der Waals surface area contributed by atoms with E-state index in [4.69, 9.17) is 5.26 Å². The van der Waals surface area contributed by atoms with Gasteiger partial charge in [0.1, 0.15) is 6.04 Å². The second kappa shape index (κ2) is 6.52. The molecule has 1 fully saturated rings. The van der Waals surface area contributed by atoms with Gasteiger partial charge >= 0.3 is 0 Å². The molecule has 3 nitrogen and oxygen atoms in total. The standard InChI is InChI=1S/C13H22N2O/c1-3-5-11(6-4-2)13(16)15-12(9-14)10-7-8-10/h10-12H,3-8H2,1-2H3,(H,15,16). The molecule has 0 saturated heterocycles. The number of nitrogens with zero attached hydrogens (tertiary/aromatic N) is 1. The molecule has 0 aromatic carbocycles. The molecule has 1 saturated carbocycles. The van der Waals surface area contributed by atoms with Gasteiger partial charge in [-0.15, -0.1) is 0 Å². The van der Waals surface area contributed by atoms with Crippen molar-refractivity contribution in [2.75, 3.05) is 0 Å². The fourth-order valence-electron chi connectivity index (χ4n) is 2.06. The van der Waals surface area contributed by atoms with Gasteiger partial charge in [0.05, 0.1) is 6.07 Å². The monoisotopic (exact) mass is 222 g/mol. The number of nitriles is 1. The molecule has 1 rings (SSSR count). The van der Waals surface area contributed by atoms with E-state index in [0.717, 1.165) is 38.5 Å². The minimum Gasteiger partial charge on any atom is -0.340 e. The van der Waals surface area contributed by atoms with Crippen molar-refractivity contribution in [2.45, 2.75) is 58.4 Å². The van der Waals surface area contributed by atoms with Gasteiger partial charge in [0.2, 0.25) is 5.91 Å². The predicted octanol–water partition coefficient (Wildman–Crippen LogP) is 2.62. The SMILES string of the molecule is CCCC(CCC)C(=O)NC(C#N)C1CC1. The Labute approximate surface area is 98.2 Å². The summed E-state index contributed by atoms with van der Waals surface area (Å²) in [4.78, 5) is 12.0. The Morgan fingerprint density at radius 3 is 2.31 bits per heavy atom. The highest BCUT2D eigenvalue weighted by Crippen LogP contribution is 2.32. The second-order valence-electron chi connectivity index (χ2n) is 4.73. The molecular weight excluding hydrogens is 200 g/mol. The van der Waals surface area contributed by atoms with Crippen LogP contribution in [-0.4, -0.2) is 11.9 Å². The van der Waals surface area contributed by atoms with Crippen molar-refractivity contribution >= 4 is 5.91 Å². The summed E-state index contributed by atoms with van der Waals surface area (Å²) in [5, 5.41) is 11.9. The van der Waals surface area contributed by atoms with Gasteiger partial charge in [0.25, 0.3) is 0 Å². The fraction of sp³-hybridized carbons (Fsp3) is 0.846. The Morgan fingerprint density at radius 1 is 1.38 bits per heavy atom. The minimum atomic E-state index is -0.247. The molecule has 1 atom stereocenters. The number of hydrogen-bond donors (Lipinski definition) is 1. The Hall–Kier alpha value is -1.04. The van der Waals surface area contributed by atoms with Crippen LogP contribution in [0.3, 0.4) is 0 Å². The normalized spacial score (nSPS) is 16.9. The number of carbonyl (C=O) groups is 1. The van der Waals surface area contributed by atoms with Crippen LogP contribution >= 0.6 is 0 Å². The Bertz CT molecular complexity index is 260. The molecule has 0 spiro atoms. The number of amides is 1. The first-order valence-electron chi connectivity index (χ1n) is 6.42. The molecular formula is C13H22N2O. The molecule has 1 amide bonds. The third-order valence-electron chi connectivity index (χ3n) is 3.18. The van der Waals surface area contributed by atoms with E-state index in [1.807, 2.05) is 0 Å². The molecule has 1 N–H and O–H groups in total. The summed E-state index contributed by atoms with van der Waals surface area (Å²) in [5.41, 5.74) is 0. The minimum absolute atomic E-state index is 0.0853. The van der Waals surface area contributed by atoms with Gasteiger partial charge in [0.15, 0.2) is 0 Å². The highest BCUT2D eigenvalue weighted by molar-refractivity contribution is 5.79. The van der Waals surface area contributed by atoms with Gasteiger partial charge in [-0.25, -0.2) is 0 Å². The van der Waals surface area contributed by atoms with E-state index in [9.17, 15) is 4.79 Å². The van der Waals surface area contributed by atoms with E-state index in [0.29, 0.717) is 5.92 Å². The maximum absolute atomic E-state index is 12.0. The summed E-state index contributed by atoms with van der Waals surface area (Å²) < 4.78 is 0. The van der Waals surface area contributed by atoms with Crippen molar-refractivity contribution in [2.24, 2.45) is 11.8 Å². The maximum Gasteiger partial charge on any atom is 0.224 e. The van der Waals surface area contributed by atoms with Gasteiger partial charge in [-0.3, -0.25) is 4.79 Å². The first kappa shape index (κ1) is 13.0. The third kappa shape index (κ3) is 3.84. The molecule has 0 aliphatic heterocycles. The van der Waals surface area contributed by atoms with E-state index in [2.05, 4.69) is 25.2 Å². The van der Waals surface area contributed by atoms with Gasteiger partial charge < -0.3 is 5.32 Å². The average molecular weight is 222 g/mol. The number of nitrogens with one attached hydrogen (secondary N) is 1. The number of rotatable bonds is 7. The average Bonchev–Trinajstić information content (AvgIpc) is 3.09. The van der Waals surface area contributed by atoms with E-state index < -0.39 is 0 Å². The Kier molecular flexibility index (Phi) is 5.31. The van der Waals surface area contributed by atoms with Crippen molar-refractivity contribution < 1.29 is 4.79 Å². The lowest BCUT2D eigenvalue weighted by molar-refractivity contribution is -0.126. The van der Waals surface area contributed by atoms with E-state index in [1.54, 1.807) is 0 Å². The van der Waals surface area contributed by atoms with E-state index >= 15 is 0 Å². The summed E-state index contributed by atoms with van der Waals surface area (Å²) in [6, 6.07) is 1.96. The van der Waals surface area contributed by atoms with E-state index in [-0.39, 0.29) is 17.9 Å². The van der Waals surface area contributed by atoms with Crippen molar-refractivity contribution in [3.05, 3.63) is 0 Å². The lowest BCUT2D eigenvalue weighted by Crippen LogP contribution is -2.39. The van der Waals surface area contributed by atoms with Crippen molar-refractivity contribution in [3.8, 4) is 6.07 Å². The van der Waals surface area contributed by atoms with Gasteiger partial charge in [-0.2, -0.15) is 5.26 Å². The van der Waals surface area contributed by atoms with Crippen LogP contribution in [0.2, 0.25) is 0 Å². The third-order valence-corrected chi connectivity index (χ3v) is 3.18. The number of hydrogen-bond acceptors (Lipinski definition) is 2. The first-order valence-corrected chi connectivity index (χ1v) is 6.42. The van der Waals surface area contributed by atoms with Gasteiger partial charge in [0, 0.05) is 5.92 Å². The predicted molar refractivity (Wildman–Crippen MR) is 63.6 cm³/mol. The maximum atomic E-state index is 12.0. The zero-order valence-corrected chi connectivity index (χ0v) is 10.3. The van der Waals surface area contributed by atoms with Crippen LogP contribution in [0.25, 0.3) is 0 Å². The second-order valence-corrected chi connectivity index (χ2v) is 4.73. The van der Waals surface area contributed by atoms with Crippen LogP contribution in [0.15, 0.2) is 0 Å². The van der Waals surface area contributed by atoms with Crippen LogP contribution in [0.4, 0.5) is 0 Å². The summed E-state index contributed by atoms with van der Waals surface area (Å²) in [5.74, 6) is 0.601. The quantitative estimate of drug-likeness (QED) is 0.720. The van der Waals surface area contributed by atoms with E-state index in [1.165, 1.54) is 0 Å². The van der Waals surface area contributed by atoms with Crippen LogP contribution in [0.5, 0.6) is 0 Å². The Balaban J connectivity index is 2.43. The molecule has 3 heteroatoms. The molecule has 0 heterocycles. The molecule has 0 aromatic heterocycles. The molecule has 0 aromatic rings. The molecule has 0 bridgehead atoms. The van der Waals surface area contributed by atoms with Crippen molar-refractivity contribution in [1.82, 2.24) is 5.32 Å². The number of carbonyl (C=O) groups excluding carboxylic acids is 1. The van der Waals surface area contributed by atoms with Crippen molar-refractivity contribution in [3.63, 3.8) is 0 Å². The first-order chi connectivity index (χ1) is 7.72. The highest BCUT2D eigenvalue weighted by atomic mass is 16.1. The fourth-order valence-corrected chi connectivity index (χ4v) is 2.06. The molecule has 1 unspecified atom stereocenters. The molecule has 0 radical (unpaired) electrons. The molecule has 1 aliphatic rings. The lowest BCUT2D eigenvalue weighted by atomic mass is 9.97. The largest absolute Gasteiger partial charge is 0.340 e. The molecule has 90 valence electrons. The summed E-state index contributed by atoms with van der Waals surface area (Å²) >= 11 is 0. The van der Waals surface area contributed by atoms with Crippen molar-refractivity contribution in [1.29, 1.82) is 5.26 Å². The van der Waals surface area contributed by atoms with Gasteiger partial charge in [-0.1, -0.05) is 26.7 Å². The summed E-state index contributed by atoms with van der Waals surface area (Å²) in [7, 11) is 0.